The quantitative estimate of drug-likeness (QED) is 0.618. The Morgan fingerprint density at radius 1 is 1.15 bits per heavy atom. The second kappa shape index (κ2) is 6.21. The van der Waals surface area contributed by atoms with Crippen molar-refractivity contribution in [3.05, 3.63) is 69.6 Å². The monoisotopic (exact) mass is 425 g/mol. The van der Waals surface area contributed by atoms with Crippen LogP contribution in [0.2, 0.25) is 0 Å². The smallest absolute Gasteiger partial charge is 0.258 e. The molecule has 1 aliphatic carbocycles. The summed E-state index contributed by atoms with van der Waals surface area (Å²) in [5, 5.41) is 6.55. The average Bonchev–Trinajstić information content (AvgIpc) is 3.37. The second-order valence-corrected chi connectivity index (χ2v) is 8.40. The lowest BCUT2D eigenvalue weighted by atomic mass is 10.1. The first-order chi connectivity index (χ1) is 12.7. The van der Waals surface area contributed by atoms with Gasteiger partial charge in [0.05, 0.1) is 11.3 Å². The van der Waals surface area contributed by atoms with Gasteiger partial charge in [-0.25, -0.2) is 4.98 Å². The fourth-order valence-electron chi connectivity index (χ4n) is 3.38. The summed E-state index contributed by atoms with van der Waals surface area (Å²) in [5.41, 5.74) is 3.62. The number of carbonyl (C=O) groups is 1. The van der Waals surface area contributed by atoms with Gasteiger partial charge in [-0.2, -0.15) is 0 Å². The summed E-state index contributed by atoms with van der Waals surface area (Å²) in [6.45, 7) is 0. The molecule has 4 nitrogen and oxygen atoms in total. The van der Waals surface area contributed by atoms with E-state index in [4.69, 9.17) is 4.98 Å². The molecule has 5 rings (SSSR count). The summed E-state index contributed by atoms with van der Waals surface area (Å²) >= 11 is 5.13. The van der Waals surface area contributed by atoms with Crippen LogP contribution in [0.4, 0.5) is 5.69 Å². The van der Waals surface area contributed by atoms with Gasteiger partial charge in [-0.05, 0) is 37.1 Å². The number of amides is 1. The minimum atomic E-state index is -0.206. The zero-order chi connectivity index (χ0) is 17.7. The summed E-state index contributed by atoms with van der Waals surface area (Å²) < 4.78 is 1.03. The maximum absolute atomic E-state index is 13.1. The van der Waals surface area contributed by atoms with Gasteiger partial charge in [-0.1, -0.05) is 40.2 Å². The van der Waals surface area contributed by atoms with Crippen LogP contribution in [0, 0.1) is 0 Å². The van der Waals surface area contributed by atoms with E-state index in [-0.39, 0.29) is 12.1 Å². The molecule has 6 heteroatoms. The van der Waals surface area contributed by atoms with E-state index in [0.29, 0.717) is 6.04 Å². The molecule has 1 N–H and O–H groups in total. The molecule has 1 aliphatic heterocycles. The summed E-state index contributed by atoms with van der Waals surface area (Å²) in [5.74, 6) is 0.101. The molecule has 1 fully saturated rings. The van der Waals surface area contributed by atoms with Crippen LogP contribution in [0.1, 0.15) is 35.1 Å². The maximum atomic E-state index is 13.1. The molecule has 2 aliphatic rings. The standard InChI is InChI=1S/C20H16BrN3OS/c21-13-5-3-4-12(10-13)19-23-17(11-26-19)18-22-16-7-2-1-6-15(16)20(25)24(18)14-8-9-14/h1-7,10-11,14,18,22H,8-9H2. The Balaban J connectivity index is 1.54. The molecule has 1 amide bonds. The van der Waals surface area contributed by atoms with Crippen molar-refractivity contribution in [3.63, 3.8) is 0 Å². The Kier molecular flexibility index (Phi) is 3.83. The van der Waals surface area contributed by atoms with E-state index in [2.05, 4.69) is 38.8 Å². The van der Waals surface area contributed by atoms with Crippen LogP contribution in [0.25, 0.3) is 10.6 Å². The number of aromatic nitrogens is 1. The highest BCUT2D eigenvalue weighted by molar-refractivity contribution is 9.10. The number of halogens is 1. The number of anilines is 1. The third-order valence-corrected chi connectivity index (χ3v) is 6.18. The molecule has 0 bridgehead atoms. The molecule has 1 unspecified atom stereocenters. The summed E-state index contributed by atoms with van der Waals surface area (Å²) in [6, 6.07) is 16.2. The van der Waals surface area contributed by atoms with Gasteiger partial charge in [0.25, 0.3) is 5.91 Å². The minimum absolute atomic E-state index is 0.101. The van der Waals surface area contributed by atoms with E-state index in [9.17, 15) is 4.79 Å². The van der Waals surface area contributed by atoms with Gasteiger partial charge in [0.2, 0.25) is 0 Å². The molecule has 0 spiro atoms. The molecular weight excluding hydrogens is 410 g/mol. The van der Waals surface area contributed by atoms with Crippen molar-refractivity contribution >= 4 is 38.9 Å². The van der Waals surface area contributed by atoms with Crippen molar-refractivity contribution in [2.24, 2.45) is 0 Å². The maximum Gasteiger partial charge on any atom is 0.258 e. The molecule has 1 saturated carbocycles. The fraction of sp³-hybridized carbons (Fsp3) is 0.200. The highest BCUT2D eigenvalue weighted by Gasteiger charge is 2.42. The zero-order valence-electron chi connectivity index (χ0n) is 13.9. The third kappa shape index (κ3) is 2.73. The van der Waals surface area contributed by atoms with Crippen LogP contribution >= 0.6 is 27.3 Å². The van der Waals surface area contributed by atoms with Crippen molar-refractivity contribution in [2.45, 2.75) is 25.0 Å². The van der Waals surface area contributed by atoms with Gasteiger partial charge in [-0.3, -0.25) is 4.79 Å². The van der Waals surface area contributed by atoms with E-state index in [1.165, 1.54) is 0 Å². The SMILES string of the molecule is O=C1c2ccccc2NC(c2csc(-c3cccc(Br)c3)n2)N1C1CC1. The van der Waals surface area contributed by atoms with Crippen LogP contribution in [0.3, 0.4) is 0 Å². The molecule has 1 aromatic heterocycles. The number of carbonyl (C=O) groups excluding carboxylic acids is 1. The highest BCUT2D eigenvalue weighted by Crippen LogP contribution is 2.41. The Hall–Kier alpha value is -2.18. The van der Waals surface area contributed by atoms with Crippen molar-refractivity contribution in [2.75, 3.05) is 5.32 Å². The molecule has 0 saturated heterocycles. The van der Waals surface area contributed by atoms with Gasteiger partial charge in [0.1, 0.15) is 11.2 Å². The first-order valence-electron chi connectivity index (χ1n) is 8.60. The molecule has 2 heterocycles. The Labute approximate surface area is 164 Å². The molecular formula is C20H16BrN3OS. The number of thiazole rings is 1. The molecule has 2 aromatic carbocycles. The van der Waals surface area contributed by atoms with Crippen LogP contribution in [0.5, 0.6) is 0 Å². The number of hydrogen-bond donors (Lipinski definition) is 1. The van der Waals surface area contributed by atoms with Crippen LogP contribution in [0.15, 0.2) is 58.4 Å². The number of para-hydroxylation sites is 1. The molecule has 1 atom stereocenters. The Morgan fingerprint density at radius 2 is 2.00 bits per heavy atom. The third-order valence-electron chi connectivity index (χ3n) is 4.78. The van der Waals surface area contributed by atoms with Crippen LogP contribution < -0.4 is 5.32 Å². The highest BCUT2D eigenvalue weighted by atomic mass is 79.9. The van der Waals surface area contributed by atoms with Crippen molar-refractivity contribution in [1.82, 2.24) is 9.88 Å². The van der Waals surface area contributed by atoms with Crippen molar-refractivity contribution < 1.29 is 4.79 Å². The molecule has 0 radical (unpaired) electrons. The summed E-state index contributed by atoms with van der Waals surface area (Å²) in [4.78, 5) is 19.9. The number of nitrogens with zero attached hydrogens (tertiary/aromatic N) is 2. The Morgan fingerprint density at radius 3 is 2.81 bits per heavy atom. The number of rotatable bonds is 3. The van der Waals surface area contributed by atoms with E-state index < -0.39 is 0 Å². The first-order valence-corrected chi connectivity index (χ1v) is 10.3. The Bertz CT molecular complexity index is 998. The lowest BCUT2D eigenvalue weighted by Gasteiger charge is -2.37. The average molecular weight is 426 g/mol. The molecule has 130 valence electrons. The largest absolute Gasteiger partial charge is 0.359 e. The summed E-state index contributed by atoms with van der Waals surface area (Å²) in [6.07, 6.45) is 1.92. The lowest BCUT2D eigenvalue weighted by Crippen LogP contribution is -2.44. The van der Waals surface area contributed by atoms with E-state index in [1.807, 2.05) is 41.3 Å². The van der Waals surface area contributed by atoms with E-state index in [1.54, 1.807) is 11.3 Å². The van der Waals surface area contributed by atoms with Crippen LogP contribution in [-0.4, -0.2) is 21.8 Å². The van der Waals surface area contributed by atoms with Gasteiger partial charge in [0, 0.05) is 27.1 Å². The number of benzene rings is 2. The van der Waals surface area contributed by atoms with E-state index >= 15 is 0 Å². The number of fused-ring (bicyclic) bond motifs is 1. The first kappa shape index (κ1) is 16.0. The van der Waals surface area contributed by atoms with Gasteiger partial charge >= 0.3 is 0 Å². The normalized spacial score (nSPS) is 19.2. The van der Waals surface area contributed by atoms with Gasteiger partial charge in [-0.15, -0.1) is 11.3 Å². The molecule has 26 heavy (non-hydrogen) atoms. The fourth-order valence-corrected chi connectivity index (χ4v) is 4.61. The van der Waals surface area contributed by atoms with Gasteiger partial charge in [0.15, 0.2) is 0 Å². The molecule has 3 aromatic rings. The van der Waals surface area contributed by atoms with Crippen molar-refractivity contribution in [3.8, 4) is 10.6 Å². The predicted molar refractivity (Wildman–Crippen MR) is 107 cm³/mol. The minimum Gasteiger partial charge on any atom is -0.359 e. The zero-order valence-corrected chi connectivity index (χ0v) is 16.3. The predicted octanol–water partition coefficient (Wildman–Crippen LogP) is 5.30. The second-order valence-electron chi connectivity index (χ2n) is 6.62. The number of nitrogens with one attached hydrogen (secondary N) is 1. The lowest BCUT2D eigenvalue weighted by molar-refractivity contribution is 0.0663. The van der Waals surface area contributed by atoms with E-state index in [0.717, 1.165) is 44.8 Å². The number of hydrogen-bond acceptors (Lipinski definition) is 4. The van der Waals surface area contributed by atoms with Crippen molar-refractivity contribution in [1.29, 1.82) is 0 Å². The topological polar surface area (TPSA) is 45.2 Å². The van der Waals surface area contributed by atoms with Crippen LogP contribution in [-0.2, 0) is 0 Å². The summed E-state index contributed by atoms with van der Waals surface area (Å²) in [7, 11) is 0. The van der Waals surface area contributed by atoms with Gasteiger partial charge < -0.3 is 10.2 Å².